The number of anilines is 2. The van der Waals surface area contributed by atoms with Gasteiger partial charge in [0.15, 0.2) is 5.52 Å². The van der Waals surface area contributed by atoms with Crippen LogP contribution >= 0.6 is 0 Å². The monoisotopic (exact) mass is 453 g/mol. The van der Waals surface area contributed by atoms with E-state index >= 15 is 0 Å². The van der Waals surface area contributed by atoms with E-state index in [1.165, 1.54) is 0 Å². The van der Waals surface area contributed by atoms with E-state index in [9.17, 15) is 10.1 Å². The van der Waals surface area contributed by atoms with E-state index in [0.29, 0.717) is 37.5 Å². The van der Waals surface area contributed by atoms with Crippen LogP contribution in [0.15, 0.2) is 57.8 Å². The van der Waals surface area contributed by atoms with Crippen molar-refractivity contribution in [1.29, 1.82) is 0 Å². The highest BCUT2D eigenvalue weighted by Gasteiger charge is 2.28. The number of furan rings is 1. The summed E-state index contributed by atoms with van der Waals surface area (Å²) >= 11 is 0. The van der Waals surface area contributed by atoms with E-state index < -0.39 is 4.92 Å². The van der Waals surface area contributed by atoms with E-state index in [4.69, 9.17) is 18.9 Å². The minimum Gasteiger partial charge on any atom is -0.497 e. The second-order valence-corrected chi connectivity index (χ2v) is 7.30. The Balaban J connectivity index is 1.79. The van der Waals surface area contributed by atoms with Crippen LogP contribution in [0.4, 0.5) is 17.1 Å². The van der Waals surface area contributed by atoms with Crippen molar-refractivity contribution < 1.29 is 23.8 Å². The number of benzene rings is 2. The zero-order valence-corrected chi connectivity index (χ0v) is 17.9. The fourth-order valence-electron chi connectivity index (χ4n) is 3.54. The van der Waals surface area contributed by atoms with Gasteiger partial charge in [0.05, 0.1) is 30.5 Å². The third-order valence-corrected chi connectivity index (χ3v) is 5.12. The van der Waals surface area contributed by atoms with Crippen LogP contribution in [0.1, 0.15) is 17.7 Å². The first kappa shape index (κ1) is 22.1. The van der Waals surface area contributed by atoms with Crippen LogP contribution in [-0.4, -0.2) is 40.6 Å². The molecular formula is C22H23N5O6. The van der Waals surface area contributed by atoms with Crippen LogP contribution in [0, 0.1) is 10.1 Å². The number of methoxy groups -OCH3 is 1. The molecule has 0 spiro atoms. The van der Waals surface area contributed by atoms with Crippen LogP contribution in [0.5, 0.6) is 5.75 Å². The highest BCUT2D eigenvalue weighted by atomic mass is 16.6. The van der Waals surface area contributed by atoms with E-state index in [-0.39, 0.29) is 29.0 Å². The number of hydrogen-bond acceptors (Lipinski definition) is 10. The Morgan fingerprint density at radius 3 is 2.64 bits per heavy atom. The van der Waals surface area contributed by atoms with Gasteiger partial charge in [-0.05, 0) is 52.6 Å². The summed E-state index contributed by atoms with van der Waals surface area (Å²) in [5, 5.41) is 31.7. The number of rotatable bonds is 11. The van der Waals surface area contributed by atoms with E-state index in [1.807, 2.05) is 35.2 Å². The summed E-state index contributed by atoms with van der Waals surface area (Å²) in [4.78, 5) is 13.3. The fraction of sp³-hybridized carbons (Fsp3) is 0.273. The third kappa shape index (κ3) is 4.88. The maximum atomic E-state index is 11.8. The molecule has 0 saturated carbocycles. The van der Waals surface area contributed by atoms with Crippen molar-refractivity contribution in [3.63, 3.8) is 0 Å². The first-order chi connectivity index (χ1) is 16.1. The number of fused-ring (bicyclic) bond motifs is 1. The van der Waals surface area contributed by atoms with Gasteiger partial charge in [-0.3, -0.25) is 10.1 Å². The van der Waals surface area contributed by atoms with Gasteiger partial charge >= 0.3 is 5.69 Å². The van der Waals surface area contributed by atoms with Gasteiger partial charge in [0.25, 0.3) is 0 Å². The van der Waals surface area contributed by atoms with Gasteiger partial charge in [-0.2, -0.15) is 0 Å². The normalized spacial score (nSPS) is 11.0. The quantitative estimate of drug-likeness (QED) is 0.196. The largest absolute Gasteiger partial charge is 0.497 e. The number of hydrogen-bond donors (Lipinski definition) is 2. The second kappa shape index (κ2) is 10.0. The molecule has 4 rings (SSSR count). The second-order valence-electron chi connectivity index (χ2n) is 7.30. The summed E-state index contributed by atoms with van der Waals surface area (Å²) in [5.74, 6) is 1.45. The summed E-state index contributed by atoms with van der Waals surface area (Å²) < 4.78 is 15.7. The van der Waals surface area contributed by atoms with Crippen molar-refractivity contribution in [2.75, 3.05) is 30.5 Å². The predicted molar refractivity (Wildman–Crippen MR) is 120 cm³/mol. The maximum Gasteiger partial charge on any atom is 0.323 e. The highest BCUT2D eigenvalue weighted by Crippen LogP contribution is 2.39. The lowest BCUT2D eigenvalue weighted by Crippen LogP contribution is -2.22. The van der Waals surface area contributed by atoms with Crippen molar-refractivity contribution in [3.8, 4) is 5.75 Å². The molecule has 0 bridgehead atoms. The zero-order valence-electron chi connectivity index (χ0n) is 17.9. The molecule has 2 aromatic carbocycles. The lowest BCUT2D eigenvalue weighted by molar-refractivity contribution is -0.382. The molecule has 0 radical (unpaired) electrons. The average Bonchev–Trinajstić information content (AvgIpc) is 3.50. The topological polar surface area (TPSA) is 140 Å². The minimum absolute atomic E-state index is 0.0382. The van der Waals surface area contributed by atoms with Gasteiger partial charge < -0.3 is 24.5 Å². The van der Waals surface area contributed by atoms with Crippen molar-refractivity contribution in [3.05, 3.63) is 70.2 Å². The molecule has 2 heterocycles. The Hall–Kier alpha value is -4.12. The number of aromatic nitrogens is 2. The third-order valence-electron chi connectivity index (χ3n) is 5.12. The maximum absolute atomic E-state index is 11.8. The van der Waals surface area contributed by atoms with E-state index in [2.05, 4.69) is 15.6 Å². The summed E-state index contributed by atoms with van der Waals surface area (Å²) in [6.45, 7) is 1.16. The Morgan fingerprint density at radius 2 is 1.97 bits per heavy atom. The van der Waals surface area contributed by atoms with Crippen molar-refractivity contribution >= 4 is 28.1 Å². The zero-order chi connectivity index (χ0) is 23.2. The van der Waals surface area contributed by atoms with Gasteiger partial charge in [-0.25, -0.2) is 4.63 Å². The number of nitro groups is 1. The van der Waals surface area contributed by atoms with Crippen molar-refractivity contribution in [2.45, 2.75) is 19.5 Å². The van der Waals surface area contributed by atoms with Crippen LogP contribution in [-0.2, 0) is 13.1 Å². The average molecular weight is 453 g/mol. The minimum atomic E-state index is -0.516. The molecule has 33 heavy (non-hydrogen) atoms. The van der Waals surface area contributed by atoms with E-state index in [1.54, 1.807) is 25.5 Å². The highest BCUT2D eigenvalue weighted by molar-refractivity contribution is 5.99. The molecule has 0 saturated heterocycles. The van der Waals surface area contributed by atoms with Crippen molar-refractivity contribution in [1.82, 2.24) is 10.3 Å². The SMILES string of the molecule is COc1ccc(CN(Cc2ccco2)c2cc(NCCCO)c([N+](=O)[O-])c3nonc23)cc1. The molecule has 0 unspecified atom stereocenters. The summed E-state index contributed by atoms with van der Waals surface area (Å²) in [6.07, 6.45) is 2.02. The van der Waals surface area contributed by atoms with Gasteiger partial charge in [0.2, 0.25) is 5.52 Å². The number of nitrogens with one attached hydrogen (secondary N) is 1. The van der Waals surface area contributed by atoms with E-state index in [0.717, 1.165) is 11.3 Å². The molecule has 2 aromatic heterocycles. The first-order valence-electron chi connectivity index (χ1n) is 10.3. The molecule has 0 aliphatic heterocycles. The Bertz CT molecular complexity index is 1210. The van der Waals surface area contributed by atoms with Crippen molar-refractivity contribution in [2.24, 2.45) is 0 Å². The summed E-state index contributed by atoms with van der Waals surface area (Å²) in [7, 11) is 1.61. The van der Waals surface area contributed by atoms with Crippen LogP contribution in [0.2, 0.25) is 0 Å². The number of aliphatic hydroxyl groups excluding tert-OH is 1. The molecule has 0 amide bonds. The van der Waals surface area contributed by atoms with Gasteiger partial charge in [0, 0.05) is 19.7 Å². The standard InChI is InChI=1S/C22H23N5O6/c1-31-16-7-5-15(6-8-16)13-26(14-17-4-2-11-32-17)19-12-18(23-9-3-10-28)22(27(29)30)21-20(19)24-33-25-21/h2,4-8,11-12,23,28H,3,9-10,13-14H2,1H3. The molecule has 0 fully saturated rings. The van der Waals surface area contributed by atoms with Crippen LogP contribution < -0.4 is 15.0 Å². The number of aliphatic hydroxyl groups is 1. The predicted octanol–water partition coefficient (Wildman–Crippen LogP) is 3.73. The molecule has 4 aromatic rings. The molecule has 0 atom stereocenters. The van der Waals surface area contributed by atoms with Gasteiger partial charge in [0.1, 0.15) is 17.2 Å². The Kier molecular flexibility index (Phi) is 6.69. The Labute approximate surface area is 188 Å². The molecular weight excluding hydrogens is 430 g/mol. The molecule has 0 aliphatic rings. The van der Waals surface area contributed by atoms with Crippen LogP contribution in [0.25, 0.3) is 11.0 Å². The van der Waals surface area contributed by atoms with Gasteiger partial charge in [-0.15, -0.1) is 0 Å². The Morgan fingerprint density at radius 1 is 1.18 bits per heavy atom. The summed E-state index contributed by atoms with van der Waals surface area (Å²) in [5.41, 5.74) is 1.94. The summed E-state index contributed by atoms with van der Waals surface area (Å²) in [6, 6.07) is 12.9. The number of nitro benzene ring substituents is 1. The van der Waals surface area contributed by atoms with Crippen LogP contribution in [0.3, 0.4) is 0 Å². The number of nitrogens with zero attached hydrogens (tertiary/aromatic N) is 4. The smallest absolute Gasteiger partial charge is 0.323 e. The molecule has 172 valence electrons. The molecule has 0 aliphatic carbocycles. The number of ether oxygens (including phenoxy) is 1. The molecule has 2 N–H and O–H groups in total. The van der Waals surface area contributed by atoms with Gasteiger partial charge in [-0.1, -0.05) is 12.1 Å². The lowest BCUT2D eigenvalue weighted by atomic mass is 10.1. The lowest BCUT2D eigenvalue weighted by Gasteiger charge is -2.25. The molecule has 11 heteroatoms. The molecule has 11 nitrogen and oxygen atoms in total. The first-order valence-corrected chi connectivity index (χ1v) is 10.3. The fourth-order valence-corrected chi connectivity index (χ4v) is 3.54.